The average Bonchev–Trinajstić information content (AvgIpc) is 2.34. The van der Waals surface area contributed by atoms with E-state index in [1.807, 2.05) is 18.2 Å². The highest BCUT2D eigenvalue weighted by Gasteiger charge is 2.31. The predicted octanol–water partition coefficient (Wildman–Crippen LogP) is 4.45. The Balaban J connectivity index is 2.17. The van der Waals surface area contributed by atoms with E-state index in [-0.39, 0.29) is 5.41 Å². The SMILES string of the molecule is NCC1(Cc2ccc(Cl)cc2Cl)CCCCC1. The molecule has 0 atom stereocenters. The second kappa shape index (κ2) is 5.60. The van der Waals surface area contributed by atoms with Crippen LogP contribution in [-0.2, 0) is 6.42 Å². The molecule has 94 valence electrons. The average molecular weight is 272 g/mol. The van der Waals surface area contributed by atoms with Crippen molar-refractivity contribution in [2.75, 3.05) is 6.54 Å². The minimum atomic E-state index is 0.260. The van der Waals surface area contributed by atoms with Gasteiger partial charge in [-0.05, 0) is 48.9 Å². The van der Waals surface area contributed by atoms with Gasteiger partial charge in [-0.25, -0.2) is 0 Å². The van der Waals surface area contributed by atoms with Crippen LogP contribution in [0.5, 0.6) is 0 Å². The molecule has 0 saturated heterocycles. The van der Waals surface area contributed by atoms with Gasteiger partial charge < -0.3 is 5.73 Å². The van der Waals surface area contributed by atoms with Crippen LogP contribution in [0.4, 0.5) is 0 Å². The van der Waals surface area contributed by atoms with E-state index >= 15 is 0 Å². The molecule has 0 spiro atoms. The highest BCUT2D eigenvalue weighted by Crippen LogP contribution is 2.39. The van der Waals surface area contributed by atoms with E-state index in [2.05, 4.69) is 0 Å². The van der Waals surface area contributed by atoms with Gasteiger partial charge in [0.15, 0.2) is 0 Å². The summed E-state index contributed by atoms with van der Waals surface area (Å²) in [7, 11) is 0. The molecule has 0 amide bonds. The van der Waals surface area contributed by atoms with Crippen molar-refractivity contribution < 1.29 is 0 Å². The first-order chi connectivity index (χ1) is 8.15. The lowest BCUT2D eigenvalue weighted by atomic mass is 9.70. The summed E-state index contributed by atoms with van der Waals surface area (Å²) in [5.74, 6) is 0. The molecule has 1 aromatic rings. The maximum absolute atomic E-state index is 6.24. The Hall–Kier alpha value is -0.240. The molecule has 1 nitrogen and oxygen atoms in total. The molecule has 2 rings (SSSR count). The lowest BCUT2D eigenvalue weighted by molar-refractivity contribution is 0.197. The minimum absolute atomic E-state index is 0.260. The third kappa shape index (κ3) is 3.15. The molecule has 1 aromatic carbocycles. The van der Waals surface area contributed by atoms with Gasteiger partial charge >= 0.3 is 0 Å². The molecule has 0 heterocycles. The van der Waals surface area contributed by atoms with E-state index in [0.717, 1.165) is 18.0 Å². The van der Waals surface area contributed by atoms with Crippen LogP contribution in [0, 0.1) is 5.41 Å². The normalized spacial score (nSPS) is 19.2. The summed E-state index contributed by atoms with van der Waals surface area (Å²) >= 11 is 12.2. The first kappa shape index (κ1) is 13.2. The smallest absolute Gasteiger partial charge is 0.0453 e. The van der Waals surface area contributed by atoms with Crippen molar-refractivity contribution in [3.05, 3.63) is 33.8 Å². The molecule has 0 aliphatic heterocycles. The second-order valence-electron chi connectivity index (χ2n) is 5.18. The van der Waals surface area contributed by atoms with Gasteiger partial charge in [0.25, 0.3) is 0 Å². The van der Waals surface area contributed by atoms with E-state index < -0.39 is 0 Å². The minimum Gasteiger partial charge on any atom is -0.330 e. The quantitative estimate of drug-likeness (QED) is 0.864. The van der Waals surface area contributed by atoms with Crippen LogP contribution in [0.2, 0.25) is 10.0 Å². The van der Waals surface area contributed by atoms with E-state index in [4.69, 9.17) is 28.9 Å². The summed E-state index contributed by atoms with van der Waals surface area (Å²) in [4.78, 5) is 0. The molecule has 1 aliphatic carbocycles. The molecule has 2 N–H and O–H groups in total. The third-order valence-electron chi connectivity index (χ3n) is 3.93. The largest absolute Gasteiger partial charge is 0.330 e. The second-order valence-corrected chi connectivity index (χ2v) is 6.02. The van der Waals surface area contributed by atoms with Gasteiger partial charge in [-0.15, -0.1) is 0 Å². The van der Waals surface area contributed by atoms with Crippen molar-refractivity contribution in [3.63, 3.8) is 0 Å². The Labute approximate surface area is 113 Å². The molecule has 0 unspecified atom stereocenters. The van der Waals surface area contributed by atoms with Crippen molar-refractivity contribution in [3.8, 4) is 0 Å². The van der Waals surface area contributed by atoms with Crippen LogP contribution in [0.25, 0.3) is 0 Å². The zero-order valence-electron chi connectivity index (χ0n) is 10.0. The van der Waals surface area contributed by atoms with Crippen LogP contribution in [0.3, 0.4) is 0 Å². The molecule has 0 radical (unpaired) electrons. The number of nitrogens with two attached hydrogens (primary N) is 1. The van der Waals surface area contributed by atoms with Gasteiger partial charge in [-0.2, -0.15) is 0 Å². The predicted molar refractivity (Wildman–Crippen MR) is 74.7 cm³/mol. The van der Waals surface area contributed by atoms with Gasteiger partial charge in [0.2, 0.25) is 0 Å². The Morgan fingerprint density at radius 3 is 2.41 bits per heavy atom. The summed E-state index contributed by atoms with van der Waals surface area (Å²) in [5.41, 5.74) is 7.44. The maximum atomic E-state index is 6.24. The Bertz CT molecular complexity index is 384. The number of hydrogen-bond donors (Lipinski definition) is 1. The van der Waals surface area contributed by atoms with Gasteiger partial charge in [0.1, 0.15) is 0 Å². The summed E-state index contributed by atoms with van der Waals surface area (Å²) in [6.45, 7) is 0.756. The fourth-order valence-electron chi connectivity index (χ4n) is 2.82. The lowest BCUT2D eigenvalue weighted by Crippen LogP contribution is -2.34. The molecule has 1 aliphatic rings. The zero-order chi connectivity index (χ0) is 12.3. The van der Waals surface area contributed by atoms with Crippen LogP contribution >= 0.6 is 23.2 Å². The van der Waals surface area contributed by atoms with E-state index in [1.165, 1.54) is 37.7 Å². The van der Waals surface area contributed by atoms with Gasteiger partial charge in [0.05, 0.1) is 0 Å². The number of hydrogen-bond acceptors (Lipinski definition) is 1. The molecule has 1 saturated carbocycles. The summed E-state index contributed by atoms with van der Waals surface area (Å²) in [5, 5.41) is 1.47. The Kier molecular flexibility index (Phi) is 4.35. The highest BCUT2D eigenvalue weighted by molar-refractivity contribution is 6.35. The summed E-state index contributed by atoms with van der Waals surface area (Å²) < 4.78 is 0. The third-order valence-corrected chi connectivity index (χ3v) is 4.51. The first-order valence-electron chi connectivity index (χ1n) is 6.29. The molecule has 1 fully saturated rings. The van der Waals surface area contributed by atoms with Gasteiger partial charge in [0, 0.05) is 10.0 Å². The molecular formula is C14H19Cl2N. The number of benzene rings is 1. The molecule has 0 bridgehead atoms. The highest BCUT2D eigenvalue weighted by atomic mass is 35.5. The molecular weight excluding hydrogens is 253 g/mol. The van der Waals surface area contributed by atoms with Crippen LogP contribution in [0.1, 0.15) is 37.7 Å². The van der Waals surface area contributed by atoms with E-state index in [9.17, 15) is 0 Å². The number of rotatable bonds is 3. The van der Waals surface area contributed by atoms with Crippen molar-refractivity contribution in [1.82, 2.24) is 0 Å². The standard InChI is InChI=1S/C14H19Cl2N/c15-12-5-4-11(13(16)8-12)9-14(10-17)6-2-1-3-7-14/h4-5,8H,1-3,6-7,9-10,17H2. The van der Waals surface area contributed by atoms with Crippen molar-refractivity contribution in [2.24, 2.45) is 11.1 Å². The van der Waals surface area contributed by atoms with E-state index in [0.29, 0.717) is 5.02 Å². The van der Waals surface area contributed by atoms with Crippen molar-refractivity contribution in [1.29, 1.82) is 0 Å². The van der Waals surface area contributed by atoms with Crippen molar-refractivity contribution in [2.45, 2.75) is 38.5 Å². The first-order valence-corrected chi connectivity index (χ1v) is 7.05. The molecule has 17 heavy (non-hydrogen) atoms. The molecule has 0 aromatic heterocycles. The van der Waals surface area contributed by atoms with Crippen molar-refractivity contribution >= 4 is 23.2 Å². The van der Waals surface area contributed by atoms with Crippen LogP contribution in [0.15, 0.2) is 18.2 Å². The topological polar surface area (TPSA) is 26.0 Å². The van der Waals surface area contributed by atoms with Crippen LogP contribution in [-0.4, -0.2) is 6.54 Å². The Morgan fingerprint density at radius 2 is 1.82 bits per heavy atom. The van der Waals surface area contributed by atoms with E-state index in [1.54, 1.807) is 0 Å². The zero-order valence-corrected chi connectivity index (χ0v) is 11.5. The number of halogens is 2. The fraction of sp³-hybridized carbons (Fsp3) is 0.571. The fourth-order valence-corrected chi connectivity index (χ4v) is 3.30. The van der Waals surface area contributed by atoms with Gasteiger partial charge in [-0.3, -0.25) is 0 Å². The molecule has 3 heteroatoms. The van der Waals surface area contributed by atoms with Crippen LogP contribution < -0.4 is 5.73 Å². The summed E-state index contributed by atoms with van der Waals surface area (Å²) in [6, 6.07) is 5.78. The lowest BCUT2D eigenvalue weighted by Gasteiger charge is -2.36. The monoisotopic (exact) mass is 271 g/mol. The Morgan fingerprint density at radius 1 is 1.12 bits per heavy atom. The maximum Gasteiger partial charge on any atom is 0.0453 e. The summed E-state index contributed by atoms with van der Waals surface area (Å²) in [6.07, 6.45) is 7.37. The van der Waals surface area contributed by atoms with Gasteiger partial charge in [-0.1, -0.05) is 48.5 Å².